The molecular formula is C12H28N4. The maximum atomic E-state index is 5.88. The second kappa shape index (κ2) is 9.46. The molecular weight excluding hydrogens is 200 g/mol. The summed E-state index contributed by atoms with van der Waals surface area (Å²) in [5.41, 5.74) is 5.88. The minimum absolute atomic E-state index is 0.685. The Hall–Kier alpha value is -0.770. The van der Waals surface area contributed by atoms with Crippen LogP contribution in [0.1, 0.15) is 34.1 Å². The number of rotatable bonds is 8. The average molecular weight is 228 g/mol. The quantitative estimate of drug-likeness (QED) is 0.388. The lowest BCUT2D eigenvalue weighted by Gasteiger charge is -2.20. The molecule has 0 bridgehead atoms. The third-order valence-corrected chi connectivity index (χ3v) is 2.89. The summed E-state index contributed by atoms with van der Waals surface area (Å²) in [4.78, 5) is 8.89. The second-order valence-corrected chi connectivity index (χ2v) is 3.79. The molecule has 0 atom stereocenters. The summed E-state index contributed by atoms with van der Waals surface area (Å²) >= 11 is 0. The van der Waals surface area contributed by atoms with Crippen molar-refractivity contribution >= 4 is 5.96 Å². The Kier molecular flexibility index (Phi) is 9.00. The van der Waals surface area contributed by atoms with Gasteiger partial charge in [0, 0.05) is 19.6 Å². The molecule has 0 heterocycles. The van der Waals surface area contributed by atoms with Gasteiger partial charge in [-0.3, -0.25) is 4.99 Å². The number of guanidine groups is 1. The van der Waals surface area contributed by atoms with E-state index in [0.29, 0.717) is 5.96 Å². The number of nitrogens with two attached hydrogens (primary N) is 1. The third kappa shape index (κ3) is 5.95. The second-order valence-electron chi connectivity index (χ2n) is 3.79. The van der Waals surface area contributed by atoms with Crippen LogP contribution in [0.25, 0.3) is 0 Å². The van der Waals surface area contributed by atoms with Crippen LogP contribution in [0.2, 0.25) is 0 Å². The van der Waals surface area contributed by atoms with Crippen LogP contribution in [-0.4, -0.2) is 55.0 Å². The Morgan fingerprint density at radius 2 is 1.56 bits per heavy atom. The van der Waals surface area contributed by atoms with Gasteiger partial charge in [-0.2, -0.15) is 0 Å². The van der Waals surface area contributed by atoms with E-state index < -0.39 is 0 Å². The summed E-state index contributed by atoms with van der Waals surface area (Å²) < 4.78 is 0. The van der Waals surface area contributed by atoms with Crippen molar-refractivity contribution in [1.29, 1.82) is 0 Å². The zero-order chi connectivity index (χ0) is 12.4. The van der Waals surface area contributed by atoms with Gasteiger partial charge in [-0.05, 0) is 39.9 Å². The molecule has 0 saturated carbocycles. The van der Waals surface area contributed by atoms with E-state index in [2.05, 4.69) is 42.5 Å². The molecule has 0 aliphatic carbocycles. The first-order valence-electron chi connectivity index (χ1n) is 6.46. The van der Waals surface area contributed by atoms with Crippen molar-refractivity contribution < 1.29 is 0 Å². The molecule has 0 unspecified atom stereocenters. The lowest BCUT2D eigenvalue weighted by molar-refractivity contribution is 0.301. The molecule has 0 aromatic rings. The van der Waals surface area contributed by atoms with Gasteiger partial charge in [0.05, 0.1) is 0 Å². The molecule has 96 valence electrons. The van der Waals surface area contributed by atoms with Gasteiger partial charge >= 0.3 is 0 Å². The number of nitrogens with zero attached hydrogens (tertiary/aromatic N) is 3. The van der Waals surface area contributed by atoms with Crippen LogP contribution >= 0.6 is 0 Å². The lowest BCUT2D eigenvalue weighted by atomic mass is 10.4. The van der Waals surface area contributed by atoms with E-state index in [4.69, 9.17) is 5.73 Å². The molecule has 0 rings (SSSR count). The van der Waals surface area contributed by atoms with E-state index in [-0.39, 0.29) is 0 Å². The van der Waals surface area contributed by atoms with Gasteiger partial charge in [0.2, 0.25) is 0 Å². The highest BCUT2D eigenvalue weighted by molar-refractivity contribution is 5.77. The standard InChI is InChI=1S/C12H28N4/c1-5-15(6-2)11-9-10-14-12(13)16(7-3)8-4/h5-11H2,1-4H3,(H2,13,14). The molecule has 0 amide bonds. The van der Waals surface area contributed by atoms with Gasteiger partial charge in [-0.1, -0.05) is 13.8 Å². The molecule has 0 fully saturated rings. The van der Waals surface area contributed by atoms with Gasteiger partial charge in [0.25, 0.3) is 0 Å². The first-order chi connectivity index (χ1) is 7.69. The SMILES string of the molecule is CCN(CC)CCCN=C(N)N(CC)CC. The van der Waals surface area contributed by atoms with Crippen molar-refractivity contribution in [2.75, 3.05) is 39.3 Å². The Morgan fingerprint density at radius 1 is 1.00 bits per heavy atom. The molecule has 0 aromatic carbocycles. The minimum atomic E-state index is 0.685. The third-order valence-electron chi connectivity index (χ3n) is 2.89. The summed E-state index contributed by atoms with van der Waals surface area (Å²) in [6.07, 6.45) is 1.09. The molecule has 16 heavy (non-hydrogen) atoms. The maximum absolute atomic E-state index is 5.88. The van der Waals surface area contributed by atoms with Crippen LogP contribution in [0.15, 0.2) is 4.99 Å². The van der Waals surface area contributed by atoms with E-state index in [1.807, 2.05) is 0 Å². The summed E-state index contributed by atoms with van der Waals surface area (Å²) in [6, 6.07) is 0. The lowest BCUT2D eigenvalue weighted by Crippen LogP contribution is -2.37. The summed E-state index contributed by atoms with van der Waals surface area (Å²) in [5, 5.41) is 0. The van der Waals surface area contributed by atoms with E-state index in [0.717, 1.165) is 45.7 Å². The zero-order valence-electron chi connectivity index (χ0n) is 11.4. The first-order valence-corrected chi connectivity index (χ1v) is 6.46. The molecule has 0 aromatic heterocycles. The highest BCUT2D eigenvalue weighted by Gasteiger charge is 2.01. The van der Waals surface area contributed by atoms with Crippen LogP contribution < -0.4 is 5.73 Å². The highest BCUT2D eigenvalue weighted by Crippen LogP contribution is 1.92. The smallest absolute Gasteiger partial charge is 0.191 e. The van der Waals surface area contributed by atoms with Crippen LogP contribution in [0.3, 0.4) is 0 Å². The van der Waals surface area contributed by atoms with Crippen LogP contribution in [0.5, 0.6) is 0 Å². The molecule has 0 aliphatic rings. The predicted octanol–water partition coefficient (Wildman–Crippen LogP) is 1.37. The molecule has 2 N–H and O–H groups in total. The van der Waals surface area contributed by atoms with E-state index in [1.165, 1.54) is 0 Å². The van der Waals surface area contributed by atoms with Gasteiger partial charge in [-0.25, -0.2) is 0 Å². The van der Waals surface area contributed by atoms with E-state index in [1.54, 1.807) is 0 Å². The Morgan fingerprint density at radius 3 is 2.00 bits per heavy atom. The molecule has 0 aliphatic heterocycles. The summed E-state index contributed by atoms with van der Waals surface area (Å²) in [7, 11) is 0. The topological polar surface area (TPSA) is 44.9 Å². The normalized spacial score (nSPS) is 12.2. The van der Waals surface area contributed by atoms with Crippen molar-refractivity contribution in [2.45, 2.75) is 34.1 Å². The highest BCUT2D eigenvalue weighted by atomic mass is 15.2. The fourth-order valence-corrected chi connectivity index (χ4v) is 1.68. The van der Waals surface area contributed by atoms with E-state index >= 15 is 0 Å². The largest absolute Gasteiger partial charge is 0.370 e. The molecule has 0 spiro atoms. The van der Waals surface area contributed by atoms with E-state index in [9.17, 15) is 0 Å². The number of aliphatic imine (C=N–C) groups is 1. The van der Waals surface area contributed by atoms with Gasteiger partial charge in [0.1, 0.15) is 0 Å². The minimum Gasteiger partial charge on any atom is -0.370 e. The number of hydrogen-bond acceptors (Lipinski definition) is 2. The summed E-state index contributed by atoms with van der Waals surface area (Å²) in [6.45, 7) is 14.6. The molecule has 0 saturated heterocycles. The zero-order valence-corrected chi connectivity index (χ0v) is 11.4. The van der Waals surface area contributed by atoms with Crippen molar-refractivity contribution in [3.8, 4) is 0 Å². The fraction of sp³-hybridized carbons (Fsp3) is 0.917. The van der Waals surface area contributed by atoms with Crippen molar-refractivity contribution in [1.82, 2.24) is 9.80 Å². The van der Waals surface area contributed by atoms with Gasteiger partial charge in [-0.15, -0.1) is 0 Å². The Bertz CT molecular complexity index is 183. The maximum Gasteiger partial charge on any atom is 0.191 e. The summed E-state index contributed by atoms with van der Waals surface area (Å²) in [5.74, 6) is 0.685. The molecule has 4 heteroatoms. The van der Waals surface area contributed by atoms with Crippen molar-refractivity contribution in [2.24, 2.45) is 10.7 Å². The van der Waals surface area contributed by atoms with Gasteiger partial charge < -0.3 is 15.5 Å². The fourth-order valence-electron chi connectivity index (χ4n) is 1.68. The Balaban J connectivity index is 3.81. The van der Waals surface area contributed by atoms with Crippen molar-refractivity contribution in [3.63, 3.8) is 0 Å². The molecule has 4 nitrogen and oxygen atoms in total. The number of hydrogen-bond donors (Lipinski definition) is 1. The van der Waals surface area contributed by atoms with Crippen LogP contribution in [0.4, 0.5) is 0 Å². The van der Waals surface area contributed by atoms with Crippen molar-refractivity contribution in [3.05, 3.63) is 0 Å². The van der Waals surface area contributed by atoms with Crippen LogP contribution in [0, 0.1) is 0 Å². The monoisotopic (exact) mass is 228 g/mol. The predicted molar refractivity (Wildman–Crippen MR) is 71.8 cm³/mol. The van der Waals surface area contributed by atoms with Gasteiger partial charge in [0.15, 0.2) is 5.96 Å². The average Bonchev–Trinajstić information content (AvgIpc) is 2.31. The Labute approximate surface area is 101 Å². The first kappa shape index (κ1) is 15.2. The molecule has 0 radical (unpaired) electrons. The van der Waals surface area contributed by atoms with Crippen LogP contribution in [-0.2, 0) is 0 Å².